The smallest absolute Gasteiger partial charge is 0.417 e. The van der Waals surface area contributed by atoms with Crippen molar-refractivity contribution in [3.8, 4) is 5.75 Å². The Balaban J connectivity index is 1.46. The first-order valence-corrected chi connectivity index (χ1v) is 12.4. The third-order valence-corrected chi connectivity index (χ3v) is 6.61. The summed E-state index contributed by atoms with van der Waals surface area (Å²) < 4.78 is 58.3. The van der Waals surface area contributed by atoms with E-state index >= 15 is 0 Å². The van der Waals surface area contributed by atoms with Gasteiger partial charge in [-0.1, -0.05) is 0 Å². The van der Waals surface area contributed by atoms with Crippen LogP contribution in [0.4, 0.5) is 28.9 Å². The third-order valence-electron chi connectivity index (χ3n) is 6.61. The van der Waals surface area contributed by atoms with E-state index in [2.05, 4.69) is 25.1 Å². The molecule has 2 N–H and O–H groups in total. The lowest BCUT2D eigenvalue weighted by Gasteiger charge is -2.32. The van der Waals surface area contributed by atoms with Gasteiger partial charge >= 0.3 is 6.18 Å². The molecule has 202 valence electrons. The van der Waals surface area contributed by atoms with Gasteiger partial charge in [0.15, 0.2) is 5.82 Å². The van der Waals surface area contributed by atoms with Crippen molar-refractivity contribution in [1.29, 1.82) is 0 Å². The summed E-state index contributed by atoms with van der Waals surface area (Å²) in [5.74, 6) is 0.00274. The molecule has 1 aromatic carbocycles. The van der Waals surface area contributed by atoms with Crippen LogP contribution in [0.25, 0.3) is 0 Å². The van der Waals surface area contributed by atoms with E-state index in [0.717, 1.165) is 25.1 Å². The van der Waals surface area contributed by atoms with Crippen LogP contribution in [0.3, 0.4) is 0 Å². The predicted molar refractivity (Wildman–Crippen MR) is 137 cm³/mol. The summed E-state index contributed by atoms with van der Waals surface area (Å²) in [6, 6.07) is 7.00. The number of aryl methyl sites for hydroxylation is 1. The Morgan fingerprint density at radius 2 is 1.89 bits per heavy atom. The maximum atomic E-state index is 14.6. The summed E-state index contributed by atoms with van der Waals surface area (Å²) >= 11 is 0. The van der Waals surface area contributed by atoms with Crippen LogP contribution in [0.1, 0.15) is 60.8 Å². The second-order valence-corrected chi connectivity index (χ2v) is 9.29. The minimum absolute atomic E-state index is 0.0636. The van der Waals surface area contributed by atoms with E-state index in [0.29, 0.717) is 66.0 Å². The van der Waals surface area contributed by atoms with Crippen molar-refractivity contribution in [1.82, 2.24) is 20.1 Å². The molecule has 0 aliphatic carbocycles. The van der Waals surface area contributed by atoms with E-state index in [-0.39, 0.29) is 11.6 Å². The molecule has 3 heterocycles. The van der Waals surface area contributed by atoms with Crippen LogP contribution in [0, 0.1) is 12.7 Å². The van der Waals surface area contributed by atoms with E-state index in [4.69, 9.17) is 10.5 Å². The molecule has 2 aromatic heterocycles. The molecule has 3 aromatic rings. The van der Waals surface area contributed by atoms with Gasteiger partial charge in [0.1, 0.15) is 5.75 Å². The molecule has 0 amide bonds. The number of anilines is 1. The minimum atomic E-state index is -4.40. The van der Waals surface area contributed by atoms with Crippen molar-refractivity contribution in [2.24, 2.45) is 4.99 Å². The highest BCUT2D eigenvalue weighted by atomic mass is 19.4. The Morgan fingerprint density at radius 1 is 1.16 bits per heavy atom. The first-order chi connectivity index (χ1) is 18.1. The number of likely N-dealkylation sites (tertiary alicyclic amines) is 1. The molecule has 4 rings (SSSR count). The lowest BCUT2D eigenvalue weighted by atomic mass is 9.90. The van der Waals surface area contributed by atoms with Crippen molar-refractivity contribution in [2.45, 2.75) is 52.3 Å². The molecule has 38 heavy (non-hydrogen) atoms. The Labute approximate surface area is 218 Å². The fourth-order valence-corrected chi connectivity index (χ4v) is 4.66. The molecule has 0 radical (unpaired) electrons. The van der Waals surface area contributed by atoms with E-state index in [1.165, 1.54) is 12.1 Å². The van der Waals surface area contributed by atoms with Crippen molar-refractivity contribution in [3.63, 3.8) is 0 Å². The number of piperidine rings is 1. The van der Waals surface area contributed by atoms with E-state index in [1.54, 1.807) is 26.0 Å². The number of pyridine rings is 1. The molecule has 1 aliphatic rings. The number of alkyl halides is 3. The Hall–Kier alpha value is -3.60. The van der Waals surface area contributed by atoms with E-state index in [1.807, 2.05) is 6.92 Å². The van der Waals surface area contributed by atoms with Gasteiger partial charge in [-0.15, -0.1) is 0 Å². The van der Waals surface area contributed by atoms with Crippen LogP contribution in [0.2, 0.25) is 0 Å². The van der Waals surface area contributed by atoms with Crippen LogP contribution in [0.5, 0.6) is 5.75 Å². The lowest BCUT2D eigenvalue weighted by Crippen LogP contribution is -2.33. The number of hydrogen-bond acceptors (Lipinski definition) is 7. The summed E-state index contributed by atoms with van der Waals surface area (Å²) in [4.78, 5) is 10.6. The average Bonchev–Trinajstić information content (AvgIpc) is 2.86. The van der Waals surface area contributed by atoms with E-state index < -0.39 is 17.6 Å². The summed E-state index contributed by atoms with van der Waals surface area (Å²) in [7, 11) is 0. The first kappa shape index (κ1) is 27.4. The average molecular weight is 531 g/mol. The van der Waals surface area contributed by atoms with Gasteiger partial charge < -0.3 is 10.5 Å². The van der Waals surface area contributed by atoms with Crippen molar-refractivity contribution >= 4 is 17.1 Å². The summed E-state index contributed by atoms with van der Waals surface area (Å²) in [6.45, 7) is 7.70. The number of benzene rings is 1. The summed E-state index contributed by atoms with van der Waals surface area (Å²) in [6.07, 6.45) is -2.02. The van der Waals surface area contributed by atoms with Gasteiger partial charge in [-0.3, -0.25) is 9.88 Å². The third kappa shape index (κ3) is 6.27. The highest BCUT2D eigenvalue weighted by molar-refractivity contribution is 6.05. The zero-order chi connectivity index (χ0) is 27.4. The SMILES string of the molecule is CCOc1ccc(N=C(C)c2c(C)nnc(C3CCN(Cc4ccc(C(F)(F)F)cn4)CC3)c2N)c(F)c1. The fraction of sp³-hybridized carbons (Fsp3) is 0.407. The number of aliphatic imine (C=N–C) groups is 1. The van der Waals surface area contributed by atoms with E-state index in [9.17, 15) is 17.6 Å². The molecular formula is C27H30F4N6O. The van der Waals surface area contributed by atoms with Gasteiger partial charge in [-0.2, -0.15) is 23.4 Å². The van der Waals surface area contributed by atoms with Crippen molar-refractivity contribution in [2.75, 3.05) is 25.4 Å². The standard InChI is InChI=1S/C27H30F4N6O/c1-4-38-21-7-8-23(22(28)13-21)34-16(2)24-17(3)35-36-26(25(24)32)18-9-11-37(12-10-18)15-20-6-5-19(14-33-20)27(29,30)31/h5-8,13-14,18H,4,9-12,15H2,1-3H3,(H2,32,35). The zero-order valence-electron chi connectivity index (χ0n) is 21.5. The lowest BCUT2D eigenvalue weighted by molar-refractivity contribution is -0.137. The molecular weight excluding hydrogens is 500 g/mol. The number of nitrogens with zero attached hydrogens (tertiary/aromatic N) is 5. The normalized spacial score (nSPS) is 15.6. The summed E-state index contributed by atoms with van der Waals surface area (Å²) in [5, 5.41) is 8.70. The molecule has 11 heteroatoms. The minimum Gasteiger partial charge on any atom is -0.494 e. The highest BCUT2D eigenvalue weighted by Crippen LogP contribution is 2.34. The molecule has 0 spiro atoms. The fourth-order valence-electron chi connectivity index (χ4n) is 4.66. The molecule has 1 saturated heterocycles. The first-order valence-electron chi connectivity index (χ1n) is 12.4. The quantitative estimate of drug-likeness (QED) is 0.305. The molecule has 0 unspecified atom stereocenters. The second kappa shape index (κ2) is 11.4. The van der Waals surface area contributed by atoms with Gasteiger partial charge in [0.05, 0.1) is 40.6 Å². The summed E-state index contributed by atoms with van der Waals surface area (Å²) in [5.41, 5.74) is 9.50. The Morgan fingerprint density at radius 3 is 2.50 bits per heavy atom. The monoisotopic (exact) mass is 530 g/mol. The number of halogens is 4. The topological polar surface area (TPSA) is 89.5 Å². The second-order valence-electron chi connectivity index (χ2n) is 9.29. The number of nitrogens with two attached hydrogens (primary N) is 1. The van der Waals surface area contributed by atoms with Gasteiger partial charge in [-0.05, 0) is 71.0 Å². The molecule has 0 bridgehead atoms. The van der Waals surface area contributed by atoms with Crippen LogP contribution in [0.15, 0.2) is 41.5 Å². The predicted octanol–water partition coefficient (Wildman–Crippen LogP) is 5.84. The zero-order valence-corrected chi connectivity index (χ0v) is 21.5. The van der Waals surface area contributed by atoms with Gasteiger partial charge in [0.2, 0.25) is 0 Å². The number of ether oxygens (including phenoxy) is 1. The van der Waals surface area contributed by atoms with Gasteiger partial charge in [0, 0.05) is 36.0 Å². The van der Waals surface area contributed by atoms with Crippen LogP contribution < -0.4 is 10.5 Å². The largest absolute Gasteiger partial charge is 0.494 e. The Bertz CT molecular complexity index is 1300. The molecule has 0 atom stereocenters. The highest BCUT2D eigenvalue weighted by Gasteiger charge is 2.31. The van der Waals surface area contributed by atoms with Gasteiger partial charge in [0.25, 0.3) is 0 Å². The molecule has 0 saturated carbocycles. The molecule has 1 fully saturated rings. The maximum absolute atomic E-state index is 14.6. The molecule has 1 aliphatic heterocycles. The van der Waals surface area contributed by atoms with Crippen molar-refractivity contribution < 1.29 is 22.3 Å². The number of hydrogen-bond donors (Lipinski definition) is 1. The number of aromatic nitrogens is 3. The Kier molecular flexibility index (Phi) is 8.25. The van der Waals surface area contributed by atoms with Crippen LogP contribution in [-0.2, 0) is 12.7 Å². The van der Waals surface area contributed by atoms with Crippen LogP contribution in [-0.4, -0.2) is 45.5 Å². The number of rotatable bonds is 7. The van der Waals surface area contributed by atoms with Crippen molar-refractivity contribution in [3.05, 3.63) is 70.6 Å². The maximum Gasteiger partial charge on any atom is 0.417 e. The van der Waals surface area contributed by atoms with Crippen LogP contribution >= 0.6 is 0 Å². The van der Waals surface area contributed by atoms with Gasteiger partial charge in [-0.25, -0.2) is 9.38 Å². The number of nitrogen functional groups attached to an aromatic ring is 1. The molecule has 7 nitrogen and oxygen atoms in total.